The molecule has 0 spiro atoms. The molecule has 0 radical (unpaired) electrons. The molecule has 3 aliphatic carbocycles. The predicted molar refractivity (Wildman–Crippen MR) is 114 cm³/mol. The molecule has 3 atom stereocenters. The van der Waals surface area contributed by atoms with Crippen LogP contribution in [0.25, 0.3) is 0 Å². The van der Waals surface area contributed by atoms with Gasteiger partial charge >= 0.3 is 0 Å². The minimum absolute atomic E-state index is 0.00622. The summed E-state index contributed by atoms with van der Waals surface area (Å²) in [5.41, 5.74) is 0.604. The SMILES string of the molecule is C[C@@]12CCCc3coc(c31)C(=O)c1cc3c(cc12)C(=O)C1=C2N(CCS1(=O)=O)C(O)CC23O. The molecule has 1 aromatic heterocycles. The van der Waals surface area contributed by atoms with E-state index in [1.807, 2.05) is 6.92 Å². The second-order valence-corrected chi connectivity index (χ2v) is 12.0. The van der Waals surface area contributed by atoms with Gasteiger partial charge in [-0.15, -0.1) is 0 Å². The van der Waals surface area contributed by atoms with E-state index in [2.05, 4.69) is 0 Å². The molecule has 1 aromatic carbocycles. The molecule has 2 aromatic rings. The molecule has 2 aliphatic heterocycles. The van der Waals surface area contributed by atoms with Crippen LogP contribution in [0.15, 0.2) is 33.4 Å². The number of carbonyl (C=O) groups is 2. The lowest BCUT2D eigenvalue weighted by Gasteiger charge is -2.42. The topological polar surface area (TPSA) is 125 Å². The number of sulfone groups is 1. The highest BCUT2D eigenvalue weighted by Gasteiger charge is 2.59. The van der Waals surface area contributed by atoms with E-state index in [0.29, 0.717) is 16.9 Å². The summed E-state index contributed by atoms with van der Waals surface area (Å²) in [7, 11) is -3.93. The standard InChI is InChI=1S/C24H21NO7S/c1-23-4-2-3-11-10-32-20(17(11)23)18(27)12-8-15-13(7-14(12)23)19(28)21-22-24(15,29)9-16(26)25(22)5-6-33(21,30)31/h7-8,10,16,26,29H,2-6,9H2,1H3/t16?,23-,24?/m0/s1. The predicted octanol–water partition coefficient (Wildman–Crippen LogP) is 1.51. The highest BCUT2D eigenvalue weighted by Crippen LogP contribution is 2.55. The number of fused-ring (bicyclic) bond motifs is 4. The Labute approximate surface area is 189 Å². The maximum absolute atomic E-state index is 13.6. The Kier molecular flexibility index (Phi) is 3.37. The number of furan rings is 1. The van der Waals surface area contributed by atoms with Crippen molar-refractivity contribution >= 4 is 21.4 Å². The van der Waals surface area contributed by atoms with Crippen LogP contribution in [0.3, 0.4) is 0 Å². The highest BCUT2D eigenvalue weighted by molar-refractivity contribution is 7.96. The number of hydrogen-bond acceptors (Lipinski definition) is 8. The van der Waals surface area contributed by atoms with Crippen molar-refractivity contribution in [2.45, 2.75) is 49.9 Å². The maximum atomic E-state index is 13.6. The number of ketones is 2. The second-order valence-electron chi connectivity index (χ2n) is 9.99. The molecular weight excluding hydrogens is 446 g/mol. The summed E-state index contributed by atoms with van der Waals surface area (Å²) in [6, 6.07) is 3.13. The highest BCUT2D eigenvalue weighted by atomic mass is 32.2. The molecule has 3 heterocycles. The summed E-state index contributed by atoms with van der Waals surface area (Å²) >= 11 is 0. The van der Waals surface area contributed by atoms with E-state index in [9.17, 15) is 28.2 Å². The Balaban J connectivity index is 1.55. The molecule has 33 heavy (non-hydrogen) atoms. The number of carbonyl (C=O) groups excluding carboxylic acids is 2. The van der Waals surface area contributed by atoms with E-state index in [1.165, 1.54) is 11.0 Å². The number of benzene rings is 1. The quantitative estimate of drug-likeness (QED) is 0.597. The Morgan fingerprint density at radius 1 is 1.15 bits per heavy atom. The number of allylic oxidation sites excluding steroid dienone is 1. The molecule has 0 saturated carbocycles. The van der Waals surface area contributed by atoms with Crippen LogP contribution in [-0.2, 0) is 27.3 Å². The van der Waals surface area contributed by atoms with Gasteiger partial charge in [-0.3, -0.25) is 9.59 Å². The lowest BCUT2D eigenvalue weighted by atomic mass is 9.62. The van der Waals surface area contributed by atoms with Crippen molar-refractivity contribution in [2.75, 3.05) is 12.3 Å². The molecule has 1 fully saturated rings. The van der Waals surface area contributed by atoms with Gasteiger partial charge in [0.15, 0.2) is 15.6 Å². The van der Waals surface area contributed by atoms with Gasteiger partial charge in [0.1, 0.15) is 16.7 Å². The van der Waals surface area contributed by atoms with Crippen molar-refractivity contribution < 1.29 is 32.6 Å². The summed E-state index contributed by atoms with van der Waals surface area (Å²) in [4.78, 5) is 28.0. The van der Waals surface area contributed by atoms with Gasteiger partial charge in [-0.05, 0) is 42.5 Å². The zero-order chi connectivity index (χ0) is 23.1. The molecule has 170 valence electrons. The monoisotopic (exact) mass is 467 g/mol. The fraction of sp³-hybridized carbons (Fsp3) is 0.417. The Morgan fingerprint density at radius 3 is 2.67 bits per heavy atom. The second kappa shape index (κ2) is 5.65. The number of nitrogens with zero attached hydrogens (tertiary/aromatic N) is 1. The first-order valence-electron chi connectivity index (χ1n) is 11.1. The van der Waals surface area contributed by atoms with Crippen LogP contribution in [-0.4, -0.2) is 53.6 Å². The summed E-state index contributed by atoms with van der Waals surface area (Å²) in [5, 5.41) is 22.4. The van der Waals surface area contributed by atoms with Crippen LogP contribution in [0, 0.1) is 0 Å². The summed E-state index contributed by atoms with van der Waals surface area (Å²) < 4.78 is 31.6. The number of aryl methyl sites for hydroxylation is 1. The van der Waals surface area contributed by atoms with Gasteiger partial charge in [-0.25, -0.2) is 8.42 Å². The van der Waals surface area contributed by atoms with Gasteiger partial charge in [0.25, 0.3) is 0 Å². The van der Waals surface area contributed by atoms with E-state index >= 15 is 0 Å². The maximum Gasteiger partial charge on any atom is 0.228 e. The molecular formula is C24H21NO7S. The van der Waals surface area contributed by atoms with Crippen LogP contribution < -0.4 is 0 Å². The van der Waals surface area contributed by atoms with Gasteiger partial charge in [-0.1, -0.05) is 6.92 Å². The fourth-order valence-corrected chi connectivity index (χ4v) is 8.40. The van der Waals surface area contributed by atoms with Crippen LogP contribution in [0.1, 0.15) is 74.9 Å². The van der Waals surface area contributed by atoms with Crippen LogP contribution in [0.2, 0.25) is 0 Å². The van der Waals surface area contributed by atoms with Gasteiger partial charge in [0.05, 0.1) is 17.7 Å². The Morgan fingerprint density at radius 2 is 1.88 bits per heavy atom. The van der Waals surface area contributed by atoms with Crippen LogP contribution in [0.5, 0.6) is 0 Å². The first-order chi connectivity index (χ1) is 15.6. The summed E-state index contributed by atoms with van der Waals surface area (Å²) in [6.07, 6.45) is 2.77. The van der Waals surface area contributed by atoms with Gasteiger partial charge in [0, 0.05) is 40.6 Å². The smallest absolute Gasteiger partial charge is 0.228 e. The average Bonchev–Trinajstić information content (AvgIpc) is 3.31. The van der Waals surface area contributed by atoms with Crippen LogP contribution in [0.4, 0.5) is 0 Å². The summed E-state index contributed by atoms with van der Waals surface area (Å²) in [6.45, 7) is 2.01. The Hall–Kier alpha value is -2.75. The molecule has 9 heteroatoms. The lowest BCUT2D eigenvalue weighted by Crippen LogP contribution is -2.45. The summed E-state index contributed by atoms with van der Waals surface area (Å²) in [5.74, 6) is -1.00. The third-order valence-corrected chi connectivity index (χ3v) is 10.0. The molecule has 2 unspecified atom stereocenters. The normalized spacial score (nSPS) is 32.9. The number of hydrogen-bond donors (Lipinski definition) is 2. The van der Waals surface area contributed by atoms with Crippen molar-refractivity contribution in [3.8, 4) is 0 Å². The van der Waals surface area contributed by atoms with Crippen molar-refractivity contribution in [1.29, 1.82) is 0 Å². The molecule has 0 bridgehead atoms. The van der Waals surface area contributed by atoms with Crippen molar-refractivity contribution in [3.05, 3.63) is 68.1 Å². The van der Waals surface area contributed by atoms with Crippen molar-refractivity contribution in [2.24, 2.45) is 0 Å². The van der Waals surface area contributed by atoms with E-state index in [0.717, 1.165) is 30.4 Å². The van der Waals surface area contributed by atoms with Crippen molar-refractivity contribution in [3.63, 3.8) is 0 Å². The lowest BCUT2D eigenvalue weighted by molar-refractivity contribution is 0.0341. The third-order valence-electron chi connectivity index (χ3n) is 8.29. The first-order valence-corrected chi connectivity index (χ1v) is 12.8. The fourth-order valence-electron chi connectivity index (χ4n) is 6.79. The largest absolute Gasteiger partial charge is 0.460 e. The van der Waals surface area contributed by atoms with Gasteiger partial charge < -0.3 is 19.5 Å². The molecule has 7 rings (SSSR count). The van der Waals surface area contributed by atoms with E-state index in [1.54, 1.807) is 12.3 Å². The molecule has 2 N–H and O–H groups in total. The number of aliphatic hydroxyl groups excluding tert-OH is 1. The van der Waals surface area contributed by atoms with Gasteiger partial charge in [-0.2, -0.15) is 0 Å². The number of aliphatic hydroxyl groups is 2. The van der Waals surface area contributed by atoms with E-state index < -0.39 is 37.8 Å². The zero-order valence-electron chi connectivity index (χ0n) is 17.8. The first kappa shape index (κ1) is 19.7. The minimum Gasteiger partial charge on any atom is -0.460 e. The van der Waals surface area contributed by atoms with Crippen molar-refractivity contribution in [1.82, 2.24) is 4.90 Å². The zero-order valence-corrected chi connectivity index (χ0v) is 18.7. The van der Waals surface area contributed by atoms with E-state index in [4.69, 9.17) is 4.42 Å². The molecule has 8 nitrogen and oxygen atoms in total. The third kappa shape index (κ3) is 2.08. The average molecular weight is 467 g/mol. The number of rotatable bonds is 0. The molecule has 1 saturated heterocycles. The molecule has 0 amide bonds. The number of Topliss-reactive ketones (excluding diaryl/α,β-unsaturated/α-hetero) is 1. The minimum atomic E-state index is -3.93. The van der Waals surface area contributed by atoms with E-state index in [-0.39, 0.29) is 41.3 Å². The van der Waals surface area contributed by atoms with Crippen LogP contribution >= 0.6 is 0 Å². The van der Waals surface area contributed by atoms with Gasteiger partial charge in [0.2, 0.25) is 11.6 Å². The Bertz CT molecular complexity index is 1480. The molecule has 5 aliphatic rings.